The fourth-order valence-corrected chi connectivity index (χ4v) is 4.06. The summed E-state index contributed by atoms with van der Waals surface area (Å²) in [5.74, 6) is -0.782. The van der Waals surface area contributed by atoms with Gasteiger partial charge in [0.15, 0.2) is 0 Å². The lowest BCUT2D eigenvalue weighted by atomic mass is 9.85. The highest BCUT2D eigenvalue weighted by Gasteiger charge is 2.21. The normalized spacial score (nSPS) is 10.8. The van der Waals surface area contributed by atoms with E-state index in [1.54, 1.807) is 62.6 Å². The number of thiophene rings is 1. The van der Waals surface area contributed by atoms with E-state index in [0.717, 1.165) is 5.56 Å². The molecule has 2 aromatic heterocycles. The Balaban J connectivity index is 1.56. The van der Waals surface area contributed by atoms with Crippen molar-refractivity contribution in [2.75, 3.05) is 10.6 Å². The molecule has 2 N–H and O–H groups in total. The van der Waals surface area contributed by atoms with Crippen molar-refractivity contribution in [2.45, 2.75) is 19.3 Å². The van der Waals surface area contributed by atoms with Crippen LogP contribution in [-0.4, -0.2) is 21.8 Å². The molecule has 8 nitrogen and oxygen atoms in total. The van der Waals surface area contributed by atoms with Crippen LogP contribution in [0.2, 0.25) is 0 Å². The summed E-state index contributed by atoms with van der Waals surface area (Å²) >= 11 is 1.19. The fraction of sp³-hybridized carbons (Fsp3) is 0.120. The van der Waals surface area contributed by atoms with E-state index in [0.29, 0.717) is 26.5 Å². The van der Waals surface area contributed by atoms with Gasteiger partial charge in [-0.25, -0.2) is 4.98 Å². The smallest absolute Gasteiger partial charge is 0.265 e. The molecule has 0 fully saturated rings. The highest BCUT2D eigenvalue weighted by atomic mass is 32.1. The van der Waals surface area contributed by atoms with Crippen LogP contribution >= 0.6 is 11.3 Å². The van der Waals surface area contributed by atoms with Crippen LogP contribution in [0.5, 0.6) is 0 Å². The average Bonchev–Trinajstić information content (AvgIpc) is 3.29. The zero-order valence-electron chi connectivity index (χ0n) is 18.3. The number of aromatic nitrogens is 2. The summed E-state index contributed by atoms with van der Waals surface area (Å²) in [5, 5.41) is 24.4. The van der Waals surface area contributed by atoms with Crippen molar-refractivity contribution in [3.8, 4) is 12.1 Å². The predicted molar refractivity (Wildman–Crippen MR) is 130 cm³/mol. The molecular formula is C25H18N6O2S. The number of carbonyl (C=O) groups is 2. The lowest BCUT2D eigenvalue weighted by Gasteiger charge is -2.16. The maximum absolute atomic E-state index is 12.8. The van der Waals surface area contributed by atoms with Gasteiger partial charge in [0, 0.05) is 23.6 Å². The molecule has 0 unspecified atom stereocenters. The molecule has 9 heteroatoms. The van der Waals surface area contributed by atoms with Crippen molar-refractivity contribution in [3.63, 3.8) is 0 Å². The number of fused-ring (bicyclic) bond motifs is 1. The first kappa shape index (κ1) is 22.6. The van der Waals surface area contributed by atoms with Crippen LogP contribution in [0.25, 0.3) is 10.3 Å². The number of carbonyl (C=O) groups excluding carboxylic acids is 2. The number of benzene rings is 2. The maximum atomic E-state index is 12.8. The van der Waals surface area contributed by atoms with Gasteiger partial charge in [-0.05, 0) is 55.8 Å². The van der Waals surface area contributed by atoms with Crippen molar-refractivity contribution in [3.05, 3.63) is 82.5 Å². The summed E-state index contributed by atoms with van der Waals surface area (Å²) in [6.07, 6.45) is 3.10. The molecule has 0 radical (unpaired) electrons. The molecule has 0 aliphatic heterocycles. The molecule has 166 valence electrons. The van der Waals surface area contributed by atoms with E-state index in [-0.39, 0.29) is 17.2 Å². The molecule has 4 rings (SSSR count). The summed E-state index contributed by atoms with van der Waals surface area (Å²) in [6, 6.07) is 17.4. The van der Waals surface area contributed by atoms with Crippen LogP contribution < -0.4 is 10.6 Å². The Morgan fingerprint density at radius 2 is 1.76 bits per heavy atom. The summed E-state index contributed by atoms with van der Waals surface area (Å²) < 4.78 is 0. The van der Waals surface area contributed by atoms with Gasteiger partial charge in [-0.15, -0.1) is 11.3 Å². The molecule has 34 heavy (non-hydrogen) atoms. The standard InChI is InChI=1S/C25H18N6O2S/c1-25(2,14-27)17-5-3-4-15(10-17)22(32)30-18-7-6-16(13-26)19(11-18)31-23(33)21-12-20-24(34-21)29-9-8-28-20/h3-12H,1-2H3,(H,30,32)(H,31,33). The van der Waals surface area contributed by atoms with Gasteiger partial charge in [-0.2, -0.15) is 10.5 Å². The van der Waals surface area contributed by atoms with Gasteiger partial charge < -0.3 is 10.6 Å². The Kier molecular flexibility index (Phi) is 6.05. The van der Waals surface area contributed by atoms with Gasteiger partial charge in [-0.3, -0.25) is 14.6 Å². The molecule has 4 aromatic rings. The molecular weight excluding hydrogens is 448 g/mol. The van der Waals surface area contributed by atoms with E-state index in [1.807, 2.05) is 6.07 Å². The van der Waals surface area contributed by atoms with Gasteiger partial charge in [0.05, 0.1) is 27.6 Å². The number of hydrogen-bond donors (Lipinski definition) is 2. The third-order valence-corrected chi connectivity index (χ3v) is 6.19. The maximum Gasteiger partial charge on any atom is 0.265 e. The van der Waals surface area contributed by atoms with Gasteiger partial charge in [0.1, 0.15) is 16.4 Å². The Hall–Kier alpha value is -4.60. The minimum atomic E-state index is -0.736. The highest BCUT2D eigenvalue weighted by Crippen LogP contribution is 2.26. The van der Waals surface area contributed by atoms with E-state index in [9.17, 15) is 20.1 Å². The van der Waals surface area contributed by atoms with Crippen molar-refractivity contribution in [2.24, 2.45) is 0 Å². The fourth-order valence-electron chi connectivity index (χ4n) is 3.21. The number of anilines is 2. The second kappa shape index (κ2) is 9.10. The van der Waals surface area contributed by atoms with Gasteiger partial charge >= 0.3 is 0 Å². The van der Waals surface area contributed by atoms with E-state index >= 15 is 0 Å². The van der Waals surface area contributed by atoms with E-state index in [2.05, 4.69) is 26.7 Å². The molecule has 2 heterocycles. The van der Waals surface area contributed by atoms with E-state index in [4.69, 9.17) is 0 Å². The lowest BCUT2D eigenvalue weighted by molar-refractivity contribution is 0.102. The predicted octanol–water partition coefficient (Wildman–Crippen LogP) is 4.87. The first-order chi connectivity index (χ1) is 16.3. The number of rotatable bonds is 5. The summed E-state index contributed by atoms with van der Waals surface area (Å²) in [4.78, 5) is 35.0. The van der Waals surface area contributed by atoms with Gasteiger partial charge in [-0.1, -0.05) is 12.1 Å². The first-order valence-electron chi connectivity index (χ1n) is 10.2. The quantitative estimate of drug-likeness (QED) is 0.431. The number of nitrogens with zero attached hydrogens (tertiary/aromatic N) is 4. The van der Waals surface area contributed by atoms with E-state index < -0.39 is 11.3 Å². The van der Waals surface area contributed by atoms with E-state index in [1.165, 1.54) is 23.5 Å². The van der Waals surface area contributed by atoms with Crippen LogP contribution in [0.15, 0.2) is 60.9 Å². The Morgan fingerprint density at radius 3 is 2.50 bits per heavy atom. The van der Waals surface area contributed by atoms with Crippen LogP contribution in [0, 0.1) is 22.7 Å². The highest BCUT2D eigenvalue weighted by molar-refractivity contribution is 7.20. The molecule has 0 spiro atoms. The number of nitrogens with one attached hydrogen (secondary N) is 2. The molecule has 0 atom stereocenters. The zero-order chi connectivity index (χ0) is 24.3. The van der Waals surface area contributed by atoms with Crippen LogP contribution in [-0.2, 0) is 5.41 Å². The molecule has 0 bridgehead atoms. The molecule has 0 aliphatic carbocycles. The Bertz CT molecular complexity index is 1480. The Labute approximate surface area is 199 Å². The van der Waals surface area contributed by atoms with Crippen LogP contribution in [0.3, 0.4) is 0 Å². The lowest BCUT2D eigenvalue weighted by Crippen LogP contribution is -2.17. The first-order valence-corrected chi connectivity index (χ1v) is 11.0. The van der Waals surface area contributed by atoms with Crippen molar-refractivity contribution >= 4 is 44.9 Å². The van der Waals surface area contributed by atoms with Crippen LogP contribution in [0.4, 0.5) is 11.4 Å². The number of nitriles is 2. The second-order valence-corrected chi connectivity index (χ2v) is 8.99. The topological polar surface area (TPSA) is 132 Å². The monoisotopic (exact) mass is 466 g/mol. The number of amides is 2. The molecule has 2 amide bonds. The van der Waals surface area contributed by atoms with Gasteiger partial charge in [0.2, 0.25) is 0 Å². The third-order valence-electron chi connectivity index (χ3n) is 5.16. The molecule has 0 saturated heterocycles. The number of hydrogen-bond acceptors (Lipinski definition) is 7. The molecule has 2 aromatic carbocycles. The minimum Gasteiger partial charge on any atom is -0.322 e. The largest absolute Gasteiger partial charge is 0.322 e. The van der Waals surface area contributed by atoms with Crippen molar-refractivity contribution < 1.29 is 9.59 Å². The molecule has 0 saturated carbocycles. The third kappa shape index (κ3) is 4.60. The van der Waals surface area contributed by atoms with Crippen molar-refractivity contribution in [1.82, 2.24) is 9.97 Å². The second-order valence-electron chi connectivity index (χ2n) is 7.96. The SMILES string of the molecule is CC(C)(C#N)c1cccc(C(=O)Nc2ccc(C#N)c(NC(=O)c3cc4nccnc4s3)c2)c1. The Morgan fingerprint density at radius 1 is 0.971 bits per heavy atom. The zero-order valence-corrected chi connectivity index (χ0v) is 19.1. The summed E-state index contributed by atoms with van der Waals surface area (Å²) in [6.45, 7) is 3.56. The van der Waals surface area contributed by atoms with Crippen molar-refractivity contribution in [1.29, 1.82) is 10.5 Å². The van der Waals surface area contributed by atoms with Crippen LogP contribution in [0.1, 0.15) is 45.0 Å². The summed E-state index contributed by atoms with van der Waals surface area (Å²) in [7, 11) is 0. The van der Waals surface area contributed by atoms with Gasteiger partial charge in [0.25, 0.3) is 11.8 Å². The minimum absolute atomic E-state index is 0.251. The average molecular weight is 467 g/mol. The summed E-state index contributed by atoms with van der Waals surface area (Å²) in [5.41, 5.74) is 1.91. The molecule has 0 aliphatic rings.